The molecular weight excluding hydrogens is 286 g/mol. The van der Waals surface area contributed by atoms with E-state index in [1.165, 1.54) is 18.3 Å². The molecular formula is C11H8BrN3O2. The predicted octanol–water partition coefficient (Wildman–Crippen LogP) is 1.78. The molecule has 2 aromatic heterocycles. The Labute approximate surface area is 105 Å². The van der Waals surface area contributed by atoms with Crippen LogP contribution < -0.4 is 10.9 Å². The van der Waals surface area contributed by atoms with Crippen LogP contribution in [-0.2, 0) is 0 Å². The van der Waals surface area contributed by atoms with Gasteiger partial charge in [-0.05, 0) is 34.1 Å². The number of halogens is 1. The van der Waals surface area contributed by atoms with E-state index in [0.29, 0.717) is 11.4 Å². The van der Waals surface area contributed by atoms with E-state index in [1.54, 1.807) is 18.3 Å². The summed E-state index contributed by atoms with van der Waals surface area (Å²) in [6.07, 6.45) is 3.00. The summed E-state index contributed by atoms with van der Waals surface area (Å²) in [4.78, 5) is 29.2. The molecule has 17 heavy (non-hydrogen) atoms. The van der Waals surface area contributed by atoms with Crippen molar-refractivity contribution in [2.24, 2.45) is 0 Å². The van der Waals surface area contributed by atoms with Crippen molar-refractivity contribution in [1.29, 1.82) is 0 Å². The Morgan fingerprint density at radius 3 is 2.82 bits per heavy atom. The molecule has 0 atom stereocenters. The number of carbonyl (C=O) groups excluding carboxylic acids is 1. The number of hydrogen-bond donors (Lipinski definition) is 2. The number of carbonyl (C=O) groups is 1. The summed E-state index contributed by atoms with van der Waals surface area (Å²) in [5.41, 5.74) is -0.0279. The maximum Gasteiger partial charge on any atom is 0.257 e. The first kappa shape index (κ1) is 11.5. The number of rotatable bonds is 2. The van der Waals surface area contributed by atoms with Crippen molar-refractivity contribution < 1.29 is 4.79 Å². The summed E-state index contributed by atoms with van der Waals surface area (Å²) in [5.74, 6) is 0.0596. The van der Waals surface area contributed by atoms with Crippen molar-refractivity contribution in [3.05, 3.63) is 57.0 Å². The molecule has 0 aliphatic carbocycles. The van der Waals surface area contributed by atoms with Crippen molar-refractivity contribution in [2.75, 3.05) is 5.32 Å². The summed E-state index contributed by atoms with van der Waals surface area (Å²) in [5, 5.41) is 2.59. The van der Waals surface area contributed by atoms with E-state index in [-0.39, 0.29) is 11.5 Å². The van der Waals surface area contributed by atoms with Crippen molar-refractivity contribution in [2.45, 2.75) is 0 Å². The minimum absolute atomic E-state index is 0.290. The Bertz CT molecular complexity index is 592. The number of amides is 1. The lowest BCUT2D eigenvalue weighted by molar-refractivity contribution is 0.102. The van der Waals surface area contributed by atoms with Gasteiger partial charge in [0.1, 0.15) is 5.82 Å². The van der Waals surface area contributed by atoms with Crippen LogP contribution in [0.2, 0.25) is 0 Å². The number of hydrogen-bond acceptors (Lipinski definition) is 3. The number of aromatic nitrogens is 2. The molecule has 0 unspecified atom stereocenters. The molecule has 0 bridgehead atoms. The number of anilines is 1. The van der Waals surface area contributed by atoms with E-state index in [1.807, 2.05) is 0 Å². The smallest absolute Gasteiger partial charge is 0.257 e. The van der Waals surface area contributed by atoms with E-state index >= 15 is 0 Å². The topological polar surface area (TPSA) is 74.8 Å². The highest BCUT2D eigenvalue weighted by Crippen LogP contribution is 2.11. The molecule has 86 valence electrons. The molecule has 2 N–H and O–H groups in total. The molecule has 2 aromatic rings. The molecule has 2 heterocycles. The predicted molar refractivity (Wildman–Crippen MR) is 67.0 cm³/mol. The van der Waals surface area contributed by atoms with Gasteiger partial charge in [0.25, 0.3) is 5.91 Å². The summed E-state index contributed by atoms with van der Waals surface area (Å²) >= 11 is 3.25. The molecule has 6 heteroatoms. The largest absolute Gasteiger partial charge is 0.329 e. The third kappa shape index (κ3) is 3.01. The van der Waals surface area contributed by atoms with E-state index in [0.717, 1.165) is 4.47 Å². The third-order valence-corrected chi connectivity index (χ3v) is 2.48. The maximum atomic E-state index is 11.7. The van der Waals surface area contributed by atoms with Gasteiger partial charge in [-0.25, -0.2) is 4.98 Å². The first-order chi connectivity index (χ1) is 8.15. The van der Waals surface area contributed by atoms with Crippen molar-refractivity contribution in [3.8, 4) is 0 Å². The number of aromatic amines is 1. The highest BCUT2D eigenvalue weighted by atomic mass is 79.9. The molecule has 0 aromatic carbocycles. The SMILES string of the molecule is O=C(Nc1ccc(Br)cn1)c1cc[nH]c(=O)c1. The zero-order valence-electron chi connectivity index (χ0n) is 8.61. The second kappa shape index (κ2) is 4.92. The molecule has 0 aliphatic heterocycles. The van der Waals surface area contributed by atoms with Gasteiger partial charge in [-0.15, -0.1) is 0 Å². The van der Waals surface area contributed by atoms with E-state index in [2.05, 4.69) is 31.2 Å². The first-order valence-electron chi connectivity index (χ1n) is 4.77. The Morgan fingerprint density at radius 1 is 1.35 bits per heavy atom. The summed E-state index contributed by atoms with van der Waals surface area (Å²) in [6.45, 7) is 0. The maximum absolute atomic E-state index is 11.7. The Hall–Kier alpha value is -1.95. The first-order valence-corrected chi connectivity index (χ1v) is 5.56. The second-order valence-corrected chi connectivity index (χ2v) is 4.17. The Kier molecular flexibility index (Phi) is 3.34. The molecule has 0 saturated heterocycles. The van der Waals surface area contributed by atoms with Crippen LogP contribution in [0, 0.1) is 0 Å². The van der Waals surface area contributed by atoms with E-state index in [9.17, 15) is 9.59 Å². The highest BCUT2D eigenvalue weighted by Gasteiger charge is 2.06. The Morgan fingerprint density at radius 2 is 2.18 bits per heavy atom. The van der Waals surface area contributed by atoms with E-state index in [4.69, 9.17) is 0 Å². The summed E-state index contributed by atoms with van der Waals surface area (Å²) < 4.78 is 0.826. The monoisotopic (exact) mass is 293 g/mol. The van der Waals surface area contributed by atoms with Crippen LogP contribution in [0.4, 0.5) is 5.82 Å². The number of nitrogens with one attached hydrogen (secondary N) is 2. The van der Waals surface area contributed by atoms with Crippen LogP contribution in [-0.4, -0.2) is 15.9 Å². The zero-order chi connectivity index (χ0) is 12.3. The normalized spacial score (nSPS) is 9.94. The molecule has 1 amide bonds. The fourth-order valence-corrected chi connectivity index (χ4v) is 1.46. The molecule has 5 nitrogen and oxygen atoms in total. The van der Waals surface area contributed by atoms with Gasteiger partial charge in [-0.1, -0.05) is 0 Å². The quantitative estimate of drug-likeness (QED) is 0.886. The van der Waals surface area contributed by atoms with Crippen LogP contribution in [0.5, 0.6) is 0 Å². The average Bonchev–Trinajstić information content (AvgIpc) is 2.32. The molecule has 0 radical (unpaired) electrons. The van der Waals surface area contributed by atoms with Crippen molar-refractivity contribution in [1.82, 2.24) is 9.97 Å². The van der Waals surface area contributed by atoms with Gasteiger partial charge < -0.3 is 10.3 Å². The van der Waals surface area contributed by atoms with Gasteiger partial charge >= 0.3 is 0 Å². The van der Waals surface area contributed by atoms with Crippen LogP contribution >= 0.6 is 15.9 Å². The van der Waals surface area contributed by atoms with Gasteiger partial charge in [0.05, 0.1) is 0 Å². The lowest BCUT2D eigenvalue weighted by Crippen LogP contribution is -2.16. The fraction of sp³-hybridized carbons (Fsp3) is 0. The van der Waals surface area contributed by atoms with Crippen LogP contribution in [0.1, 0.15) is 10.4 Å². The third-order valence-electron chi connectivity index (χ3n) is 2.01. The minimum atomic E-state index is -0.370. The van der Waals surface area contributed by atoms with Crippen molar-refractivity contribution >= 4 is 27.7 Å². The molecule has 2 rings (SSSR count). The van der Waals surface area contributed by atoms with Gasteiger partial charge in [-0.2, -0.15) is 0 Å². The molecule has 0 aliphatic rings. The Balaban J connectivity index is 2.17. The lowest BCUT2D eigenvalue weighted by atomic mass is 10.2. The van der Waals surface area contributed by atoms with Gasteiger partial charge in [0, 0.05) is 28.5 Å². The molecule has 0 fully saturated rings. The van der Waals surface area contributed by atoms with E-state index < -0.39 is 0 Å². The van der Waals surface area contributed by atoms with Gasteiger partial charge in [0.2, 0.25) is 5.56 Å². The second-order valence-electron chi connectivity index (χ2n) is 3.26. The molecule has 0 spiro atoms. The minimum Gasteiger partial charge on any atom is -0.329 e. The average molecular weight is 294 g/mol. The number of pyridine rings is 2. The van der Waals surface area contributed by atoms with Crippen molar-refractivity contribution in [3.63, 3.8) is 0 Å². The number of nitrogens with zero attached hydrogens (tertiary/aromatic N) is 1. The fourth-order valence-electron chi connectivity index (χ4n) is 1.22. The van der Waals surface area contributed by atoms with Gasteiger partial charge in [0.15, 0.2) is 0 Å². The van der Waals surface area contributed by atoms with Crippen LogP contribution in [0.25, 0.3) is 0 Å². The van der Waals surface area contributed by atoms with Crippen LogP contribution in [0.15, 0.2) is 45.9 Å². The van der Waals surface area contributed by atoms with Gasteiger partial charge in [-0.3, -0.25) is 9.59 Å². The standard InChI is InChI=1S/C11H8BrN3O2/c12-8-1-2-9(14-6-8)15-11(17)7-3-4-13-10(16)5-7/h1-6H,(H,13,16)(H,14,15,17). The lowest BCUT2D eigenvalue weighted by Gasteiger charge is -2.03. The highest BCUT2D eigenvalue weighted by molar-refractivity contribution is 9.10. The van der Waals surface area contributed by atoms with Crippen LogP contribution in [0.3, 0.4) is 0 Å². The summed E-state index contributed by atoms with van der Waals surface area (Å²) in [7, 11) is 0. The number of H-pyrrole nitrogens is 1. The zero-order valence-corrected chi connectivity index (χ0v) is 10.2. The molecule has 0 saturated carbocycles. The summed E-state index contributed by atoms with van der Waals surface area (Å²) in [6, 6.07) is 6.18.